The van der Waals surface area contributed by atoms with Crippen LogP contribution in [-0.4, -0.2) is 27.6 Å². The lowest BCUT2D eigenvalue weighted by molar-refractivity contribution is 0.102. The van der Waals surface area contributed by atoms with Crippen molar-refractivity contribution in [2.45, 2.75) is 13.6 Å². The molecule has 0 saturated heterocycles. The predicted octanol–water partition coefficient (Wildman–Crippen LogP) is 4.46. The van der Waals surface area contributed by atoms with Crippen LogP contribution in [0.25, 0.3) is 16.7 Å². The van der Waals surface area contributed by atoms with E-state index >= 15 is 0 Å². The van der Waals surface area contributed by atoms with Gasteiger partial charge >= 0.3 is 0 Å². The summed E-state index contributed by atoms with van der Waals surface area (Å²) in [7, 11) is 1.57. The number of ether oxygens (including phenoxy) is 1. The molecule has 29 heavy (non-hydrogen) atoms. The third kappa shape index (κ3) is 3.67. The molecule has 2 heterocycles. The average Bonchev–Trinajstić information content (AvgIpc) is 3.12. The molecule has 146 valence electrons. The summed E-state index contributed by atoms with van der Waals surface area (Å²) in [5.41, 5.74) is 3.60. The SMILES string of the molecule is COc1ccc2c(c1)nc(CF)n2-c1ccc(NC(=O)c2cccc(C)c2)nc1. The average molecular weight is 390 g/mol. The molecule has 1 amide bonds. The number of anilines is 1. The molecule has 0 spiro atoms. The molecule has 0 atom stereocenters. The number of hydrogen-bond donors (Lipinski definition) is 1. The van der Waals surface area contributed by atoms with Gasteiger partial charge in [0.05, 0.1) is 30.0 Å². The standard InChI is InChI=1S/C22H19FN4O2/c1-14-4-3-5-15(10-14)22(28)26-20-9-6-16(13-24-20)27-19-8-7-17(29-2)11-18(19)25-21(27)12-23/h3-11,13H,12H2,1-2H3,(H,24,26,28). The number of benzene rings is 2. The summed E-state index contributed by atoms with van der Waals surface area (Å²) < 4.78 is 20.5. The van der Waals surface area contributed by atoms with E-state index in [1.54, 1.807) is 48.2 Å². The Balaban J connectivity index is 1.63. The van der Waals surface area contributed by atoms with Crippen LogP contribution in [0.4, 0.5) is 10.2 Å². The second kappa shape index (κ2) is 7.71. The first-order chi connectivity index (χ1) is 14.1. The first-order valence-corrected chi connectivity index (χ1v) is 9.05. The monoisotopic (exact) mass is 390 g/mol. The van der Waals surface area contributed by atoms with Crippen LogP contribution in [0.1, 0.15) is 21.7 Å². The molecule has 7 heteroatoms. The Kier molecular flexibility index (Phi) is 4.95. The van der Waals surface area contributed by atoms with Crippen LogP contribution in [-0.2, 0) is 6.67 Å². The summed E-state index contributed by atoms with van der Waals surface area (Å²) in [6.45, 7) is 1.21. The Bertz CT molecular complexity index is 1190. The van der Waals surface area contributed by atoms with Gasteiger partial charge in [0.2, 0.25) is 0 Å². The van der Waals surface area contributed by atoms with Gasteiger partial charge in [-0.05, 0) is 43.3 Å². The molecule has 4 rings (SSSR count). The van der Waals surface area contributed by atoms with Gasteiger partial charge in [0, 0.05) is 11.6 Å². The molecule has 0 bridgehead atoms. The van der Waals surface area contributed by atoms with Crippen molar-refractivity contribution in [3.63, 3.8) is 0 Å². The molecule has 0 aliphatic heterocycles. The van der Waals surface area contributed by atoms with Crippen molar-refractivity contribution >= 4 is 22.8 Å². The Morgan fingerprint density at radius 1 is 1.17 bits per heavy atom. The molecule has 0 saturated carbocycles. The van der Waals surface area contributed by atoms with Crippen LogP contribution in [0.5, 0.6) is 5.75 Å². The number of fused-ring (bicyclic) bond motifs is 1. The van der Waals surface area contributed by atoms with Crippen molar-refractivity contribution in [3.05, 3.63) is 77.7 Å². The lowest BCUT2D eigenvalue weighted by Crippen LogP contribution is -2.13. The van der Waals surface area contributed by atoms with Crippen LogP contribution in [0, 0.1) is 6.92 Å². The fraction of sp³-hybridized carbons (Fsp3) is 0.136. The molecule has 2 aromatic heterocycles. The van der Waals surface area contributed by atoms with Crippen molar-refractivity contribution in [3.8, 4) is 11.4 Å². The number of nitrogens with zero attached hydrogens (tertiary/aromatic N) is 3. The van der Waals surface area contributed by atoms with Crippen LogP contribution in [0.15, 0.2) is 60.8 Å². The Labute approximate surface area is 167 Å². The van der Waals surface area contributed by atoms with Crippen LogP contribution in [0.2, 0.25) is 0 Å². The number of hydrogen-bond acceptors (Lipinski definition) is 4. The summed E-state index contributed by atoms with van der Waals surface area (Å²) in [5.74, 6) is 1.10. The third-order valence-corrected chi connectivity index (χ3v) is 4.58. The van der Waals surface area contributed by atoms with Crippen molar-refractivity contribution in [1.82, 2.24) is 14.5 Å². The maximum atomic E-state index is 13.6. The Hall–Kier alpha value is -3.74. The van der Waals surface area contributed by atoms with Crippen LogP contribution < -0.4 is 10.1 Å². The third-order valence-electron chi connectivity index (χ3n) is 4.58. The van der Waals surface area contributed by atoms with Gasteiger partial charge in [0.1, 0.15) is 24.1 Å². The van der Waals surface area contributed by atoms with Gasteiger partial charge in [-0.3, -0.25) is 9.36 Å². The second-order valence-electron chi connectivity index (χ2n) is 6.58. The zero-order chi connectivity index (χ0) is 20.4. The van der Waals surface area contributed by atoms with Crippen LogP contribution >= 0.6 is 0 Å². The van der Waals surface area contributed by atoms with Crippen molar-refractivity contribution < 1.29 is 13.9 Å². The first kappa shape index (κ1) is 18.6. The Morgan fingerprint density at radius 3 is 2.72 bits per heavy atom. The minimum Gasteiger partial charge on any atom is -0.497 e. The molecule has 4 aromatic rings. The fourth-order valence-electron chi connectivity index (χ4n) is 3.18. The van der Waals surface area contributed by atoms with E-state index in [9.17, 15) is 9.18 Å². The fourth-order valence-corrected chi connectivity index (χ4v) is 3.18. The number of nitrogens with one attached hydrogen (secondary N) is 1. The molecule has 0 radical (unpaired) electrons. The molecular weight excluding hydrogens is 371 g/mol. The summed E-state index contributed by atoms with van der Waals surface area (Å²) in [6.07, 6.45) is 1.58. The lowest BCUT2D eigenvalue weighted by Gasteiger charge is -2.09. The van der Waals surface area contributed by atoms with Crippen molar-refractivity contribution in [2.24, 2.45) is 0 Å². The smallest absolute Gasteiger partial charge is 0.256 e. The minimum absolute atomic E-state index is 0.237. The number of amides is 1. The van der Waals surface area contributed by atoms with Crippen molar-refractivity contribution in [1.29, 1.82) is 0 Å². The number of aromatic nitrogens is 3. The number of aryl methyl sites for hydroxylation is 1. The first-order valence-electron chi connectivity index (χ1n) is 9.05. The quantitative estimate of drug-likeness (QED) is 0.546. The summed E-state index contributed by atoms with van der Waals surface area (Å²) >= 11 is 0. The van der Waals surface area contributed by atoms with E-state index in [4.69, 9.17) is 4.74 Å². The summed E-state index contributed by atoms with van der Waals surface area (Å²) in [6, 6.07) is 16.1. The summed E-state index contributed by atoms with van der Waals surface area (Å²) in [4.78, 5) is 21.0. The van der Waals surface area contributed by atoms with E-state index in [1.807, 2.05) is 31.2 Å². The van der Waals surface area contributed by atoms with Gasteiger partial charge in [-0.2, -0.15) is 0 Å². The van der Waals surface area contributed by atoms with Crippen molar-refractivity contribution in [2.75, 3.05) is 12.4 Å². The molecule has 0 fully saturated rings. The molecule has 1 N–H and O–H groups in total. The highest BCUT2D eigenvalue weighted by Gasteiger charge is 2.14. The molecule has 0 unspecified atom stereocenters. The van der Waals surface area contributed by atoms with Crippen LogP contribution in [0.3, 0.4) is 0 Å². The highest BCUT2D eigenvalue weighted by Crippen LogP contribution is 2.26. The maximum absolute atomic E-state index is 13.6. The van der Waals surface area contributed by atoms with Gasteiger partial charge in [-0.15, -0.1) is 0 Å². The molecule has 0 aliphatic rings. The number of carbonyl (C=O) groups is 1. The van der Waals surface area contributed by atoms with E-state index in [1.165, 1.54) is 0 Å². The van der Waals surface area contributed by atoms with E-state index < -0.39 is 6.67 Å². The topological polar surface area (TPSA) is 69.0 Å². The lowest BCUT2D eigenvalue weighted by atomic mass is 10.1. The van der Waals surface area contributed by atoms with E-state index in [-0.39, 0.29) is 11.7 Å². The van der Waals surface area contributed by atoms with Gasteiger partial charge in [0.25, 0.3) is 5.91 Å². The number of carbonyl (C=O) groups excluding carboxylic acids is 1. The minimum atomic E-state index is -0.719. The number of imidazole rings is 1. The zero-order valence-electron chi connectivity index (χ0n) is 16.0. The normalized spacial score (nSPS) is 10.9. The number of rotatable bonds is 5. The summed E-state index contributed by atoms with van der Waals surface area (Å²) in [5, 5.41) is 2.77. The predicted molar refractivity (Wildman–Crippen MR) is 109 cm³/mol. The van der Waals surface area contributed by atoms with Gasteiger partial charge < -0.3 is 10.1 Å². The van der Waals surface area contributed by atoms with E-state index in [0.29, 0.717) is 28.3 Å². The van der Waals surface area contributed by atoms with Gasteiger partial charge in [0.15, 0.2) is 0 Å². The highest BCUT2D eigenvalue weighted by molar-refractivity contribution is 6.03. The second-order valence-corrected chi connectivity index (χ2v) is 6.58. The number of halogens is 1. The van der Waals surface area contributed by atoms with Gasteiger partial charge in [-0.25, -0.2) is 14.4 Å². The number of alkyl halides is 1. The molecular formula is C22H19FN4O2. The largest absolute Gasteiger partial charge is 0.497 e. The zero-order valence-corrected chi connectivity index (χ0v) is 16.0. The molecule has 2 aromatic carbocycles. The van der Waals surface area contributed by atoms with E-state index in [0.717, 1.165) is 11.1 Å². The molecule has 6 nitrogen and oxygen atoms in total. The van der Waals surface area contributed by atoms with E-state index in [2.05, 4.69) is 15.3 Å². The van der Waals surface area contributed by atoms with Gasteiger partial charge in [-0.1, -0.05) is 17.7 Å². The number of methoxy groups -OCH3 is 1. The molecule has 0 aliphatic carbocycles. The highest BCUT2D eigenvalue weighted by atomic mass is 19.1. The number of pyridine rings is 1. The Morgan fingerprint density at radius 2 is 2.03 bits per heavy atom. The maximum Gasteiger partial charge on any atom is 0.256 e.